The Morgan fingerprint density at radius 2 is 1.49 bits per heavy atom. The summed E-state index contributed by atoms with van der Waals surface area (Å²) >= 11 is 3.46. The number of hydrogen-bond acceptors (Lipinski definition) is 5. The van der Waals surface area contributed by atoms with E-state index in [1.807, 2.05) is 85.8 Å². The van der Waals surface area contributed by atoms with Gasteiger partial charge in [-0.2, -0.15) is 5.26 Å². The molecular weight excluding hydrogens is 556 g/mol. The maximum absolute atomic E-state index is 12.7. The summed E-state index contributed by atoms with van der Waals surface area (Å²) in [5, 5.41) is 12.4. The Labute approximate surface area is 236 Å². The van der Waals surface area contributed by atoms with Crippen molar-refractivity contribution in [1.29, 1.82) is 5.26 Å². The normalized spacial score (nSPS) is 10.8. The fraction of sp³-hybridized carbons (Fsp3) is 0.125. The molecule has 7 heteroatoms. The lowest BCUT2D eigenvalue weighted by molar-refractivity contribution is -0.112. The highest BCUT2D eigenvalue weighted by molar-refractivity contribution is 9.10. The molecule has 1 amide bonds. The third-order valence-electron chi connectivity index (χ3n) is 5.61. The number of carbonyl (C=O) groups excluding carboxylic acids is 1. The van der Waals surface area contributed by atoms with Crippen LogP contribution in [0.3, 0.4) is 0 Å². The summed E-state index contributed by atoms with van der Waals surface area (Å²) in [5.74, 6) is 1.32. The molecule has 0 fully saturated rings. The number of benzene rings is 4. The highest BCUT2D eigenvalue weighted by Gasteiger charge is 2.13. The number of nitriles is 1. The van der Waals surface area contributed by atoms with Crippen LogP contribution < -0.4 is 19.5 Å². The van der Waals surface area contributed by atoms with Gasteiger partial charge in [0.15, 0.2) is 11.5 Å². The van der Waals surface area contributed by atoms with Crippen molar-refractivity contribution in [2.75, 3.05) is 11.9 Å². The monoisotopic (exact) mass is 582 g/mol. The van der Waals surface area contributed by atoms with E-state index in [-0.39, 0.29) is 12.2 Å². The molecule has 39 heavy (non-hydrogen) atoms. The molecule has 0 saturated carbocycles. The fourth-order valence-corrected chi connectivity index (χ4v) is 4.09. The van der Waals surface area contributed by atoms with Gasteiger partial charge in [-0.1, -0.05) is 70.5 Å². The maximum atomic E-state index is 12.7. The van der Waals surface area contributed by atoms with E-state index >= 15 is 0 Å². The number of anilines is 1. The molecule has 0 unspecified atom stereocenters. The van der Waals surface area contributed by atoms with Crippen molar-refractivity contribution in [2.45, 2.75) is 20.1 Å². The van der Waals surface area contributed by atoms with Gasteiger partial charge in [0.25, 0.3) is 5.91 Å². The summed E-state index contributed by atoms with van der Waals surface area (Å²) < 4.78 is 18.7. The molecule has 1 N–H and O–H groups in total. The van der Waals surface area contributed by atoms with Crippen LogP contribution in [-0.4, -0.2) is 12.5 Å². The zero-order chi connectivity index (χ0) is 27.5. The summed E-state index contributed by atoms with van der Waals surface area (Å²) in [6, 6.07) is 32.0. The predicted molar refractivity (Wildman–Crippen MR) is 156 cm³/mol. The van der Waals surface area contributed by atoms with Crippen LogP contribution in [0, 0.1) is 11.3 Å². The number of hydrogen-bond donors (Lipinski definition) is 1. The number of amides is 1. The smallest absolute Gasteiger partial charge is 0.266 e. The number of rotatable bonds is 11. The van der Waals surface area contributed by atoms with E-state index in [1.54, 1.807) is 24.3 Å². The minimum absolute atomic E-state index is 0.0413. The topological polar surface area (TPSA) is 80.6 Å². The summed E-state index contributed by atoms with van der Waals surface area (Å²) in [6.45, 7) is 3.10. The van der Waals surface area contributed by atoms with Gasteiger partial charge in [0.05, 0.1) is 6.61 Å². The van der Waals surface area contributed by atoms with E-state index in [4.69, 9.17) is 14.2 Å². The molecule has 0 aliphatic carbocycles. The Morgan fingerprint density at radius 1 is 0.821 bits per heavy atom. The summed E-state index contributed by atoms with van der Waals surface area (Å²) in [7, 11) is 0. The quantitative estimate of drug-likeness (QED) is 0.146. The van der Waals surface area contributed by atoms with Crippen LogP contribution in [0.1, 0.15) is 23.6 Å². The molecule has 0 atom stereocenters. The lowest BCUT2D eigenvalue weighted by Gasteiger charge is -2.15. The minimum Gasteiger partial charge on any atom is -0.490 e. The molecule has 0 saturated heterocycles. The van der Waals surface area contributed by atoms with E-state index in [1.165, 1.54) is 6.08 Å². The van der Waals surface area contributed by atoms with Gasteiger partial charge in [-0.15, -0.1) is 0 Å². The second kappa shape index (κ2) is 13.8. The standard InChI is InChI=1S/C32H27BrN2O4/c1-2-37-31-17-24(13-15-30(31)39-21-23-9-5-3-6-10-23)22-38-29-16-14-27(33)19-25(29)18-26(20-34)32(36)35-28-11-7-4-8-12-28/h3-19H,2,21-22H2,1H3,(H,35,36)/b26-18+. The molecule has 0 aliphatic rings. The molecule has 196 valence electrons. The SMILES string of the molecule is CCOc1cc(COc2ccc(Br)cc2/C=C(\C#N)C(=O)Nc2ccccc2)ccc1OCc1ccccc1. The zero-order valence-electron chi connectivity index (χ0n) is 21.4. The van der Waals surface area contributed by atoms with Crippen molar-refractivity contribution in [3.8, 4) is 23.3 Å². The zero-order valence-corrected chi connectivity index (χ0v) is 23.0. The number of para-hydroxylation sites is 1. The highest BCUT2D eigenvalue weighted by atomic mass is 79.9. The summed E-state index contributed by atoms with van der Waals surface area (Å²) in [4.78, 5) is 12.7. The van der Waals surface area contributed by atoms with E-state index in [2.05, 4.69) is 21.2 Å². The highest BCUT2D eigenvalue weighted by Crippen LogP contribution is 2.31. The van der Waals surface area contributed by atoms with E-state index < -0.39 is 5.91 Å². The molecule has 0 heterocycles. The van der Waals surface area contributed by atoms with Crippen LogP contribution in [0.15, 0.2) is 107 Å². The molecule has 6 nitrogen and oxygen atoms in total. The van der Waals surface area contributed by atoms with Crippen molar-refractivity contribution >= 4 is 33.6 Å². The maximum Gasteiger partial charge on any atom is 0.266 e. The Kier molecular flexibility index (Phi) is 9.76. The van der Waals surface area contributed by atoms with Gasteiger partial charge in [0, 0.05) is 15.7 Å². The second-order valence-electron chi connectivity index (χ2n) is 8.45. The molecule has 0 spiro atoms. The van der Waals surface area contributed by atoms with Crippen molar-refractivity contribution in [3.05, 3.63) is 124 Å². The van der Waals surface area contributed by atoms with Crippen LogP contribution >= 0.6 is 15.9 Å². The molecule has 4 rings (SSSR count). The first-order valence-electron chi connectivity index (χ1n) is 12.4. The number of ether oxygens (including phenoxy) is 3. The van der Waals surface area contributed by atoms with Gasteiger partial charge >= 0.3 is 0 Å². The molecule has 4 aromatic rings. The second-order valence-corrected chi connectivity index (χ2v) is 9.36. The first kappa shape index (κ1) is 27.5. The Balaban J connectivity index is 1.49. The van der Waals surface area contributed by atoms with Crippen LogP contribution in [0.5, 0.6) is 17.2 Å². The van der Waals surface area contributed by atoms with E-state index in [0.29, 0.717) is 41.7 Å². The van der Waals surface area contributed by atoms with Crippen LogP contribution in [0.25, 0.3) is 6.08 Å². The van der Waals surface area contributed by atoms with Crippen LogP contribution in [0.2, 0.25) is 0 Å². The number of halogens is 1. The van der Waals surface area contributed by atoms with E-state index in [9.17, 15) is 10.1 Å². The van der Waals surface area contributed by atoms with Gasteiger partial charge < -0.3 is 19.5 Å². The van der Waals surface area contributed by atoms with Crippen LogP contribution in [-0.2, 0) is 18.0 Å². The van der Waals surface area contributed by atoms with Crippen molar-refractivity contribution in [2.24, 2.45) is 0 Å². The summed E-state index contributed by atoms with van der Waals surface area (Å²) in [5.41, 5.74) is 3.11. The number of nitrogens with one attached hydrogen (secondary N) is 1. The predicted octanol–water partition coefficient (Wildman–Crippen LogP) is 7.55. The van der Waals surface area contributed by atoms with Crippen molar-refractivity contribution in [1.82, 2.24) is 0 Å². The molecule has 0 bridgehead atoms. The third-order valence-corrected chi connectivity index (χ3v) is 6.10. The van der Waals surface area contributed by atoms with Gasteiger partial charge in [-0.3, -0.25) is 4.79 Å². The van der Waals surface area contributed by atoms with Gasteiger partial charge in [-0.25, -0.2) is 0 Å². The largest absolute Gasteiger partial charge is 0.490 e. The van der Waals surface area contributed by atoms with E-state index in [0.717, 1.165) is 15.6 Å². The molecule has 4 aromatic carbocycles. The lowest BCUT2D eigenvalue weighted by atomic mass is 10.1. The molecule has 0 aliphatic heterocycles. The number of carbonyl (C=O) groups is 1. The Bertz CT molecular complexity index is 1480. The lowest BCUT2D eigenvalue weighted by Crippen LogP contribution is -2.13. The first-order valence-corrected chi connectivity index (χ1v) is 13.2. The average molecular weight is 583 g/mol. The fourth-order valence-electron chi connectivity index (χ4n) is 3.71. The van der Waals surface area contributed by atoms with Gasteiger partial charge in [0.2, 0.25) is 0 Å². The molecular formula is C32H27BrN2O4. The average Bonchev–Trinajstić information content (AvgIpc) is 2.96. The summed E-state index contributed by atoms with van der Waals surface area (Å²) in [6.07, 6.45) is 1.52. The Hall–Kier alpha value is -4.54. The molecule has 0 aromatic heterocycles. The first-order chi connectivity index (χ1) is 19.1. The minimum atomic E-state index is -0.498. The third kappa shape index (κ3) is 7.97. The van der Waals surface area contributed by atoms with Crippen molar-refractivity contribution < 1.29 is 19.0 Å². The number of nitrogens with zero attached hydrogens (tertiary/aromatic N) is 1. The van der Waals surface area contributed by atoms with Crippen LogP contribution in [0.4, 0.5) is 5.69 Å². The Morgan fingerprint density at radius 3 is 2.21 bits per heavy atom. The van der Waals surface area contributed by atoms with Gasteiger partial charge in [-0.05, 0) is 66.6 Å². The molecule has 0 radical (unpaired) electrons. The van der Waals surface area contributed by atoms with Gasteiger partial charge in [0.1, 0.15) is 30.6 Å². The van der Waals surface area contributed by atoms with Crippen molar-refractivity contribution in [3.63, 3.8) is 0 Å².